The fraction of sp³-hybridized carbons (Fsp3) is 0.182. The molecule has 0 radical (unpaired) electrons. The van der Waals surface area contributed by atoms with E-state index in [0.29, 0.717) is 23.3 Å². The zero-order valence-electron chi connectivity index (χ0n) is 15.8. The standard InChI is InChI=1S/C22H21N5O2/c23-17(14-28)6-7-21(29)16-8-10-24-20(12-16)18-13-25-27-11-9-19(26-22(18)27)15-4-2-1-3-5-15/h1-5,8-13,17,28H,6-7,14,23H2/t17-/m1/s1. The number of aromatic nitrogens is 4. The van der Waals surface area contributed by atoms with Crippen molar-refractivity contribution >= 4 is 11.4 Å². The van der Waals surface area contributed by atoms with Crippen LogP contribution >= 0.6 is 0 Å². The van der Waals surface area contributed by atoms with Crippen LogP contribution in [0.4, 0.5) is 0 Å². The van der Waals surface area contributed by atoms with E-state index in [9.17, 15) is 4.79 Å². The topological polar surface area (TPSA) is 106 Å². The third kappa shape index (κ3) is 4.06. The van der Waals surface area contributed by atoms with Gasteiger partial charge in [0.1, 0.15) is 0 Å². The van der Waals surface area contributed by atoms with Gasteiger partial charge in [-0.1, -0.05) is 30.3 Å². The molecule has 0 aliphatic rings. The molecule has 0 bridgehead atoms. The lowest BCUT2D eigenvalue weighted by Gasteiger charge is -2.07. The van der Waals surface area contributed by atoms with Crippen molar-refractivity contribution in [3.05, 3.63) is 72.7 Å². The molecule has 4 rings (SSSR count). The van der Waals surface area contributed by atoms with Crippen molar-refractivity contribution in [3.63, 3.8) is 0 Å². The third-order valence-corrected chi connectivity index (χ3v) is 4.77. The molecule has 146 valence electrons. The van der Waals surface area contributed by atoms with Crippen molar-refractivity contribution in [1.82, 2.24) is 19.6 Å². The zero-order valence-corrected chi connectivity index (χ0v) is 15.8. The number of pyridine rings is 1. The molecular formula is C22H21N5O2. The second kappa shape index (κ2) is 8.30. The molecule has 29 heavy (non-hydrogen) atoms. The van der Waals surface area contributed by atoms with Gasteiger partial charge in [0.15, 0.2) is 11.4 Å². The average molecular weight is 387 g/mol. The minimum atomic E-state index is -0.388. The molecule has 0 fully saturated rings. The van der Waals surface area contributed by atoms with Gasteiger partial charge in [0.2, 0.25) is 0 Å². The molecule has 0 saturated carbocycles. The number of aliphatic hydroxyl groups is 1. The summed E-state index contributed by atoms with van der Waals surface area (Å²) in [4.78, 5) is 21.7. The van der Waals surface area contributed by atoms with E-state index < -0.39 is 0 Å². The predicted molar refractivity (Wildman–Crippen MR) is 110 cm³/mol. The molecule has 3 heterocycles. The normalized spacial score (nSPS) is 12.2. The first-order valence-electron chi connectivity index (χ1n) is 9.41. The molecule has 4 aromatic rings. The summed E-state index contributed by atoms with van der Waals surface area (Å²) in [6.45, 7) is -0.132. The highest BCUT2D eigenvalue weighted by Crippen LogP contribution is 2.25. The molecule has 3 aromatic heterocycles. The molecule has 7 heteroatoms. The summed E-state index contributed by atoms with van der Waals surface area (Å²) >= 11 is 0. The van der Waals surface area contributed by atoms with Crippen molar-refractivity contribution < 1.29 is 9.90 Å². The zero-order chi connectivity index (χ0) is 20.2. The Morgan fingerprint density at radius 1 is 1.14 bits per heavy atom. The number of Topliss-reactive ketones (excluding diaryl/α,β-unsaturated/α-hetero) is 1. The predicted octanol–water partition coefficient (Wildman–Crippen LogP) is 2.74. The summed E-state index contributed by atoms with van der Waals surface area (Å²) in [6, 6.07) is 14.9. The summed E-state index contributed by atoms with van der Waals surface area (Å²) in [5, 5.41) is 13.4. The van der Waals surface area contributed by atoms with Crippen molar-refractivity contribution in [2.45, 2.75) is 18.9 Å². The maximum absolute atomic E-state index is 12.5. The Bertz CT molecular complexity index is 1140. The minimum Gasteiger partial charge on any atom is -0.395 e. The highest BCUT2D eigenvalue weighted by atomic mass is 16.3. The number of rotatable bonds is 7. The van der Waals surface area contributed by atoms with Crippen LogP contribution in [0.1, 0.15) is 23.2 Å². The van der Waals surface area contributed by atoms with Gasteiger partial charge in [0.25, 0.3) is 0 Å². The molecule has 1 aromatic carbocycles. The van der Waals surface area contributed by atoms with Crippen LogP contribution in [-0.2, 0) is 0 Å². The van der Waals surface area contributed by atoms with Gasteiger partial charge >= 0.3 is 0 Å². The minimum absolute atomic E-state index is 0.0352. The number of carbonyl (C=O) groups excluding carboxylic acids is 1. The van der Waals surface area contributed by atoms with Crippen molar-refractivity contribution in [2.24, 2.45) is 5.73 Å². The second-order valence-corrected chi connectivity index (χ2v) is 6.84. The van der Waals surface area contributed by atoms with Gasteiger partial charge < -0.3 is 10.8 Å². The highest BCUT2D eigenvalue weighted by Gasteiger charge is 2.14. The summed E-state index contributed by atoms with van der Waals surface area (Å²) in [5.41, 5.74) is 10.2. The fourth-order valence-corrected chi connectivity index (χ4v) is 3.12. The Morgan fingerprint density at radius 2 is 1.97 bits per heavy atom. The summed E-state index contributed by atoms with van der Waals surface area (Å²) in [5.74, 6) is -0.0352. The Balaban J connectivity index is 1.67. The maximum Gasteiger partial charge on any atom is 0.164 e. The number of fused-ring (bicyclic) bond motifs is 1. The van der Waals surface area contributed by atoms with Crippen LogP contribution in [0.5, 0.6) is 0 Å². The van der Waals surface area contributed by atoms with Gasteiger partial charge in [-0.05, 0) is 24.6 Å². The van der Waals surface area contributed by atoms with E-state index >= 15 is 0 Å². The average Bonchev–Trinajstić information content (AvgIpc) is 3.21. The van der Waals surface area contributed by atoms with Gasteiger partial charge in [-0.2, -0.15) is 5.10 Å². The highest BCUT2D eigenvalue weighted by molar-refractivity contribution is 5.97. The fourth-order valence-electron chi connectivity index (χ4n) is 3.12. The van der Waals surface area contributed by atoms with E-state index in [1.807, 2.05) is 42.6 Å². The van der Waals surface area contributed by atoms with Crippen LogP contribution in [0.2, 0.25) is 0 Å². The van der Waals surface area contributed by atoms with Crippen LogP contribution < -0.4 is 5.73 Å². The molecule has 0 spiro atoms. The lowest BCUT2D eigenvalue weighted by atomic mass is 10.0. The number of benzene rings is 1. The Morgan fingerprint density at radius 3 is 2.76 bits per heavy atom. The number of ketones is 1. The largest absolute Gasteiger partial charge is 0.395 e. The quantitative estimate of drug-likeness (QED) is 0.472. The Labute approximate surface area is 167 Å². The van der Waals surface area contributed by atoms with Crippen LogP contribution in [0, 0.1) is 0 Å². The molecule has 0 aliphatic heterocycles. The van der Waals surface area contributed by atoms with Gasteiger partial charge in [-0.15, -0.1) is 0 Å². The second-order valence-electron chi connectivity index (χ2n) is 6.84. The SMILES string of the molecule is N[C@@H](CO)CCC(=O)c1ccnc(-c2cnn3ccc(-c4ccccc4)nc23)c1. The molecule has 7 nitrogen and oxygen atoms in total. The van der Waals surface area contributed by atoms with Crippen LogP contribution in [-0.4, -0.2) is 43.1 Å². The van der Waals surface area contributed by atoms with Crippen molar-refractivity contribution in [3.8, 4) is 22.5 Å². The van der Waals surface area contributed by atoms with E-state index in [1.165, 1.54) is 0 Å². The summed E-state index contributed by atoms with van der Waals surface area (Å²) in [6.07, 6.45) is 5.88. The molecule has 3 N–H and O–H groups in total. The van der Waals surface area contributed by atoms with Crippen LogP contribution in [0.15, 0.2) is 67.1 Å². The lowest BCUT2D eigenvalue weighted by Crippen LogP contribution is -2.25. The van der Waals surface area contributed by atoms with E-state index in [4.69, 9.17) is 15.8 Å². The number of hydrogen-bond donors (Lipinski definition) is 2. The van der Waals surface area contributed by atoms with E-state index in [-0.39, 0.29) is 24.9 Å². The molecule has 0 unspecified atom stereocenters. The van der Waals surface area contributed by atoms with E-state index in [2.05, 4.69) is 10.1 Å². The first-order valence-corrected chi connectivity index (χ1v) is 9.41. The third-order valence-electron chi connectivity index (χ3n) is 4.77. The van der Waals surface area contributed by atoms with Gasteiger partial charge in [-0.3, -0.25) is 9.78 Å². The maximum atomic E-state index is 12.5. The van der Waals surface area contributed by atoms with Crippen LogP contribution in [0.3, 0.4) is 0 Å². The first kappa shape index (κ1) is 18.9. The lowest BCUT2D eigenvalue weighted by molar-refractivity contribution is 0.0974. The van der Waals surface area contributed by atoms with E-state index in [0.717, 1.165) is 16.8 Å². The molecule has 0 amide bonds. The molecule has 0 aliphatic carbocycles. The number of nitrogens with zero attached hydrogens (tertiary/aromatic N) is 4. The molecule has 1 atom stereocenters. The van der Waals surface area contributed by atoms with Gasteiger partial charge in [0, 0.05) is 36.0 Å². The number of carbonyl (C=O) groups is 1. The monoisotopic (exact) mass is 387 g/mol. The van der Waals surface area contributed by atoms with Gasteiger partial charge in [0.05, 0.1) is 29.8 Å². The first-order chi connectivity index (χ1) is 14.2. The van der Waals surface area contributed by atoms with Crippen LogP contribution in [0.25, 0.3) is 28.2 Å². The van der Waals surface area contributed by atoms with Crippen molar-refractivity contribution in [2.75, 3.05) is 6.61 Å². The molecular weight excluding hydrogens is 366 g/mol. The van der Waals surface area contributed by atoms with Gasteiger partial charge in [-0.25, -0.2) is 9.50 Å². The van der Waals surface area contributed by atoms with E-state index in [1.54, 1.807) is 29.0 Å². The number of nitrogens with two attached hydrogens (primary N) is 1. The summed E-state index contributed by atoms with van der Waals surface area (Å²) in [7, 11) is 0. The molecule has 0 saturated heterocycles. The summed E-state index contributed by atoms with van der Waals surface area (Å²) < 4.78 is 1.69. The van der Waals surface area contributed by atoms with Crippen molar-refractivity contribution in [1.29, 1.82) is 0 Å². The number of aliphatic hydroxyl groups excluding tert-OH is 1. The smallest absolute Gasteiger partial charge is 0.164 e. The Hall–Kier alpha value is -3.42. The Kier molecular flexibility index (Phi) is 5.41. The number of hydrogen-bond acceptors (Lipinski definition) is 6.